The van der Waals surface area contributed by atoms with Crippen molar-refractivity contribution in [3.05, 3.63) is 95.7 Å². The quantitative estimate of drug-likeness (QED) is 0.319. The van der Waals surface area contributed by atoms with E-state index in [1.165, 1.54) is 11.1 Å². The van der Waals surface area contributed by atoms with Crippen LogP contribution in [-0.4, -0.2) is 24.9 Å². The number of ether oxygens (including phenoxy) is 2. The molecule has 1 aliphatic heterocycles. The number of halogens is 1. The van der Waals surface area contributed by atoms with Crippen LogP contribution in [0.5, 0.6) is 11.5 Å². The van der Waals surface area contributed by atoms with E-state index < -0.39 is 0 Å². The Morgan fingerprint density at radius 3 is 2.67 bits per heavy atom. The average molecular weight is 462 g/mol. The van der Waals surface area contributed by atoms with Gasteiger partial charge in [-0.25, -0.2) is 0 Å². The molecule has 0 bridgehead atoms. The van der Waals surface area contributed by atoms with Crippen LogP contribution in [0.2, 0.25) is 0 Å². The molecular weight excluding hydrogens is 434 g/mol. The Bertz CT molecular complexity index is 1200. The van der Waals surface area contributed by atoms with Gasteiger partial charge in [0.25, 0.3) is 0 Å². The molecule has 0 radical (unpaired) electrons. The third kappa shape index (κ3) is 5.56. The Morgan fingerprint density at radius 2 is 1.76 bits per heavy atom. The topological polar surface area (TPSA) is 55.4 Å². The van der Waals surface area contributed by atoms with Crippen molar-refractivity contribution >= 4 is 29.0 Å². The van der Waals surface area contributed by atoms with Crippen molar-refractivity contribution < 1.29 is 9.47 Å². The first kappa shape index (κ1) is 22.9. The summed E-state index contributed by atoms with van der Waals surface area (Å²) < 4.78 is 11.0. The molecule has 5 nitrogen and oxygen atoms in total. The molecule has 0 saturated carbocycles. The molecule has 6 heteroatoms. The summed E-state index contributed by atoms with van der Waals surface area (Å²) in [5.41, 5.74) is 5.89. The van der Waals surface area contributed by atoms with E-state index in [2.05, 4.69) is 76.3 Å². The molecule has 2 N–H and O–H groups in total. The molecule has 0 fully saturated rings. The zero-order valence-electron chi connectivity index (χ0n) is 18.4. The van der Waals surface area contributed by atoms with Gasteiger partial charge in [0.2, 0.25) is 6.79 Å². The SMILES string of the molecule is Cl.c1ccc(Cc2ccc3c(NCCCNCc4cccc5c4OCO5)ccnc3c2)cc1. The number of anilines is 1. The van der Waals surface area contributed by atoms with Crippen LogP contribution in [-0.2, 0) is 13.0 Å². The summed E-state index contributed by atoms with van der Waals surface area (Å²) >= 11 is 0. The Balaban J connectivity index is 0.00000259. The molecule has 1 aromatic heterocycles. The van der Waals surface area contributed by atoms with Crippen LogP contribution in [0.3, 0.4) is 0 Å². The molecule has 4 aromatic rings. The van der Waals surface area contributed by atoms with E-state index in [0.717, 1.165) is 66.1 Å². The van der Waals surface area contributed by atoms with E-state index in [0.29, 0.717) is 6.79 Å². The number of nitrogens with zero attached hydrogens (tertiary/aromatic N) is 1. The first-order valence-corrected chi connectivity index (χ1v) is 11.1. The number of para-hydroxylation sites is 1. The van der Waals surface area contributed by atoms with Gasteiger partial charge in [0, 0.05) is 35.9 Å². The van der Waals surface area contributed by atoms with E-state index in [1.54, 1.807) is 0 Å². The summed E-state index contributed by atoms with van der Waals surface area (Å²) in [5, 5.41) is 8.23. The van der Waals surface area contributed by atoms with Crippen molar-refractivity contribution in [2.24, 2.45) is 0 Å². The molecule has 0 saturated heterocycles. The van der Waals surface area contributed by atoms with Crippen LogP contribution in [0.1, 0.15) is 23.1 Å². The fourth-order valence-electron chi connectivity index (χ4n) is 4.08. The molecule has 2 heterocycles. The maximum Gasteiger partial charge on any atom is 0.231 e. The molecule has 3 aromatic carbocycles. The molecule has 0 aliphatic carbocycles. The number of nitrogens with one attached hydrogen (secondary N) is 2. The van der Waals surface area contributed by atoms with Crippen LogP contribution in [0.25, 0.3) is 10.9 Å². The molecule has 170 valence electrons. The highest BCUT2D eigenvalue weighted by Crippen LogP contribution is 2.35. The van der Waals surface area contributed by atoms with Gasteiger partial charge >= 0.3 is 0 Å². The van der Waals surface area contributed by atoms with Gasteiger partial charge in [-0.15, -0.1) is 12.4 Å². The second kappa shape index (κ2) is 11.0. The van der Waals surface area contributed by atoms with Gasteiger partial charge < -0.3 is 20.1 Å². The Labute approximate surface area is 200 Å². The standard InChI is InChI=1S/C27H27N3O2.ClH/c1-2-6-20(7-3-1)16-21-10-11-23-24(12-15-30-25(23)17-21)29-14-5-13-28-18-22-8-4-9-26-27(22)32-19-31-26;/h1-4,6-12,15,17,28H,5,13-14,16,18-19H2,(H,29,30);1H. The van der Waals surface area contributed by atoms with Crippen molar-refractivity contribution in [3.8, 4) is 11.5 Å². The Hall–Kier alpha value is -3.28. The van der Waals surface area contributed by atoms with Gasteiger partial charge in [-0.3, -0.25) is 4.98 Å². The largest absolute Gasteiger partial charge is 0.454 e. The van der Waals surface area contributed by atoms with Crippen molar-refractivity contribution in [3.63, 3.8) is 0 Å². The van der Waals surface area contributed by atoms with Crippen molar-refractivity contribution in [2.75, 3.05) is 25.2 Å². The van der Waals surface area contributed by atoms with Crippen molar-refractivity contribution in [1.82, 2.24) is 10.3 Å². The van der Waals surface area contributed by atoms with Crippen LogP contribution in [0, 0.1) is 0 Å². The fourth-order valence-corrected chi connectivity index (χ4v) is 4.08. The lowest BCUT2D eigenvalue weighted by atomic mass is 10.0. The summed E-state index contributed by atoms with van der Waals surface area (Å²) in [5.74, 6) is 1.70. The molecule has 0 unspecified atom stereocenters. The minimum absolute atomic E-state index is 0. The highest BCUT2D eigenvalue weighted by Gasteiger charge is 2.16. The third-order valence-corrected chi connectivity index (χ3v) is 5.70. The minimum Gasteiger partial charge on any atom is -0.454 e. The zero-order chi connectivity index (χ0) is 21.6. The van der Waals surface area contributed by atoms with Gasteiger partial charge in [0.15, 0.2) is 11.5 Å². The van der Waals surface area contributed by atoms with Crippen molar-refractivity contribution in [2.45, 2.75) is 19.4 Å². The monoisotopic (exact) mass is 461 g/mol. The maximum atomic E-state index is 5.57. The number of fused-ring (bicyclic) bond motifs is 2. The molecule has 0 spiro atoms. The number of pyridine rings is 1. The number of aromatic nitrogens is 1. The highest BCUT2D eigenvalue weighted by molar-refractivity contribution is 5.91. The van der Waals surface area contributed by atoms with Gasteiger partial charge in [-0.2, -0.15) is 0 Å². The first-order valence-electron chi connectivity index (χ1n) is 11.1. The molecule has 0 amide bonds. The lowest BCUT2D eigenvalue weighted by molar-refractivity contribution is 0.173. The number of hydrogen-bond donors (Lipinski definition) is 2. The highest BCUT2D eigenvalue weighted by atomic mass is 35.5. The van der Waals surface area contributed by atoms with E-state index in [-0.39, 0.29) is 12.4 Å². The summed E-state index contributed by atoms with van der Waals surface area (Å²) in [6, 6.07) is 25.2. The molecule has 0 atom stereocenters. The number of rotatable bonds is 9. The van der Waals surface area contributed by atoms with E-state index in [9.17, 15) is 0 Å². The smallest absolute Gasteiger partial charge is 0.231 e. The lowest BCUT2D eigenvalue weighted by Crippen LogP contribution is -2.18. The maximum absolute atomic E-state index is 5.57. The third-order valence-electron chi connectivity index (χ3n) is 5.70. The summed E-state index contributed by atoms with van der Waals surface area (Å²) in [4.78, 5) is 4.59. The summed E-state index contributed by atoms with van der Waals surface area (Å²) in [6.45, 7) is 2.89. The Morgan fingerprint density at radius 1 is 0.848 bits per heavy atom. The van der Waals surface area contributed by atoms with E-state index in [4.69, 9.17) is 9.47 Å². The lowest BCUT2D eigenvalue weighted by Gasteiger charge is -2.11. The second-order valence-corrected chi connectivity index (χ2v) is 7.98. The van der Waals surface area contributed by atoms with Crippen LogP contribution < -0.4 is 20.1 Å². The minimum atomic E-state index is 0. The molecule has 5 rings (SSSR count). The van der Waals surface area contributed by atoms with E-state index >= 15 is 0 Å². The van der Waals surface area contributed by atoms with Crippen molar-refractivity contribution in [1.29, 1.82) is 0 Å². The Kier molecular flexibility index (Phi) is 7.66. The first-order chi connectivity index (χ1) is 15.9. The fraction of sp³-hybridized carbons (Fsp3) is 0.222. The normalized spacial score (nSPS) is 11.9. The van der Waals surface area contributed by atoms with Crippen LogP contribution in [0.4, 0.5) is 5.69 Å². The van der Waals surface area contributed by atoms with Gasteiger partial charge in [-0.05, 0) is 48.7 Å². The summed E-state index contributed by atoms with van der Waals surface area (Å²) in [6.07, 6.45) is 3.82. The summed E-state index contributed by atoms with van der Waals surface area (Å²) in [7, 11) is 0. The van der Waals surface area contributed by atoms with Gasteiger partial charge in [0.05, 0.1) is 5.52 Å². The van der Waals surface area contributed by atoms with Gasteiger partial charge in [-0.1, -0.05) is 54.6 Å². The average Bonchev–Trinajstić information content (AvgIpc) is 3.32. The predicted octanol–water partition coefficient (Wildman–Crippen LogP) is 5.57. The van der Waals surface area contributed by atoms with E-state index in [1.807, 2.05) is 18.3 Å². The molecule has 33 heavy (non-hydrogen) atoms. The molecular formula is C27H28ClN3O2. The number of hydrogen-bond acceptors (Lipinski definition) is 5. The second-order valence-electron chi connectivity index (χ2n) is 7.98. The number of benzene rings is 3. The predicted molar refractivity (Wildman–Crippen MR) is 136 cm³/mol. The van der Waals surface area contributed by atoms with Gasteiger partial charge in [0.1, 0.15) is 0 Å². The van der Waals surface area contributed by atoms with Crippen LogP contribution in [0.15, 0.2) is 79.0 Å². The zero-order valence-corrected chi connectivity index (χ0v) is 19.2. The molecule has 1 aliphatic rings. The van der Waals surface area contributed by atoms with Crippen LogP contribution >= 0.6 is 12.4 Å².